The standard InChI is InChI=1S/C27H14BF2IN2S2/c29-28(30)33-20(14-24-27(33)18-6-2-4-8-22(18)35-24)25(15-9-11-16(31)12-10-15)19-13-23-26(32-19)17-5-1-3-7-21(17)34-23/h1-14H/b25-19-. The second kappa shape index (κ2) is 8.11. The van der Waals surface area contributed by atoms with Crippen molar-refractivity contribution in [3.05, 3.63) is 109 Å². The van der Waals surface area contributed by atoms with E-state index < -0.39 is 7.40 Å². The number of allylic oxidation sites excluding steroid dienone is 1. The molecule has 0 amide bonds. The maximum atomic E-state index is 14.7. The molecule has 0 atom stereocenters. The summed E-state index contributed by atoms with van der Waals surface area (Å²) in [4.78, 5) is 5.01. The summed E-state index contributed by atoms with van der Waals surface area (Å²) in [5, 5.41) is 2.87. The molecule has 0 spiro atoms. The quantitative estimate of drug-likeness (QED) is 0.149. The van der Waals surface area contributed by atoms with E-state index in [2.05, 4.69) is 34.7 Å². The molecular formula is C27H14BF2IN2S2. The van der Waals surface area contributed by atoms with Gasteiger partial charge < -0.3 is 4.48 Å². The monoisotopic (exact) mass is 606 g/mol. The molecule has 3 aromatic carbocycles. The molecule has 3 aromatic heterocycles. The smallest absolute Gasteiger partial charge is 0.323 e. The Morgan fingerprint density at radius 2 is 1.51 bits per heavy atom. The molecule has 0 unspecified atom stereocenters. The second-order valence-corrected chi connectivity index (χ2v) is 11.7. The summed E-state index contributed by atoms with van der Waals surface area (Å²) in [5.74, 6) is 0. The van der Waals surface area contributed by atoms with E-state index in [4.69, 9.17) is 4.99 Å². The van der Waals surface area contributed by atoms with Crippen LogP contribution >= 0.6 is 45.3 Å². The highest BCUT2D eigenvalue weighted by Crippen LogP contribution is 2.41. The lowest BCUT2D eigenvalue weighted by atomic mass is 9.99. The molecule has 0 saturated heterocycles. The van der Waals surface area contributed by atoms with Crippen LogP contribution in [0.15, 0.2) is 89.6 Å². The van der Waals surface area contributed by atoms with Crippen LogP contribution in [0.3, 0.4) is 0 Å². The molecule has 0 N–H and O–H groups in total. The van der Waals surface area contributed by atoms with E-state index in [9.17, 15) is 8.63 Å². The first-order chi connectivity index (χ1) is 17.1. The van der Waals surface area contributed by atoms with Gasteiger partial charge in [-0.3, -0.25) is 8.63 Å². The SMILES string of the molecule is FB(F)n1c(/C(=C2/C=c3sc4ccccc4c3=N2)c2ccc(I)cc2)cc2sc3ccccc3c21. The second-order valence-electron chi connectivity index (χ2n) is 8.32. The van der Waals surface area contributed by atoms with Gasteiger partial charge in [0, 0.05) is 35.0 Å². The zero-order valence-corrected chi connectivity index (χ0v) is 21.8. The van der Waals surface area contributed by atoms with Crippen LogP contribution in [-0.4, -0.2) is 11.9 Å². The lowest BCUT2D eigenvalue weighted by Crippen LogP contribution is -2.16. The summed E-state index contributed by atoms with van der Waals surface area (Å²) in [6.45, 7) is 0. The molecular weight excluding hydrogens is 592 g/mol. The van der Waals surface area contributed by atoms with Crippen molar-refractivity contribution in [2.75, 3.05) is 0 Å². The van der Waals surface area contributed by atoms with Gasteiger partial charge in [-0.2, -0.15) is 0 Å². The van der Waals surface area contributed by atoms with Crippen molar-refractivity contribution in [1.29, 1.82) is 0 Å². The van der Waals surface area contributed by atoms with Gasteiger partial charge in [0.2, 0.25) is 0 Å². The van der Waals surface area contributed by atoms with E-state index in [0.717, 1.165) is 50.5 Å². The molecule has 4 heterocycles. The molecule has 1 aliphatic heterocycles. The third-order valence-electron chi connectivity index (χ3n) is 6.30. The minimum absolute atomic E-state index is 0.489. The number of hydrogen-bond acceptors (Lipinski definition) is 3. The fourth-order valence-corrected chi connectivity index (χ4v) is 7.39. The maximum Gasteiger partial charge on any atom is 0.678 e. The number of aromatic nitrogens is 1. The van der Waals surface area contributed by atoms with E-state index in [1.807, 2.05) is 72.8 Å². The molecule has 168 valence electrons. The molecule has 0 saturated carbocycles. The summed E-state index contributed by atoms with van der Waals surface area (Å²) in [5.41, 5.74) is 3.38. The van der Waals surface area contributed by atoms with Crippen molar-refractivity contribution in [2.24, 2.45) is 4.99 Å². The molecule has 0 radical (unpaired) electrons. The summed E-state index contributed by atoms with van der Waals surface area (Å²) in [6, 6.07) is 25.8. The molecule has 7 rings (SSSR count). The van der Waals surface area contributed by atoms with Crippen LogP contribution in [0.5, 0.6) is 0 Å². The van der Waals surface area contributed by atoms with Crippen LogP contribution in [0.25, 0.3) is 42.0 Å². The van der Waals surface area contributed by atoms with Crippen LogP contribution in [0.2, 0.25) is 0 Å². The third kappa shape index (κ3) is 3.34. The van der Waals surface area contributed by atoms with E-state index in [-0.39, 0.29) is 0 Å². The molecule has 0 fully saturated rings. The summed E-state index contributed by atoms with van der Waals surface area (Å²) in [7, 11) is -2.68. The highest BCUT2D eigenvalue weighted by molar-refractivity contribution is 14.1. The van der Waals surface area contributed by atoms with Crippen molar-refractivity contribution in [3.63, 3.8) is 0 Å². The number of thiophene rings is 2. The number of halogens is 3. The summed E-state index contributed by atoms with van der Waals surface area (Å²) < 4.78 is 35.8. The molecule has 6 aromatic rings. The Bertz CT molecular complexity index is 1950. The van der Waals surface area contributed by atoms with Crippen LogP contribution in [0.1, 0.15) is 11.3 Å². The fraction of sp³-hybridized carbons (Fsp3) is 0. The average Bonchev–Trinajstić information content (AvgIpc) is 3.58. The number of rotatable bonds is 3. The normalized spacial score (nSPS) is 14.4. The summed E-state index contributed by atoms with van der Waals surface area (Å²) in [6.07, 6.45) is 2.04. The Hall–Kier alpha value is -2.82. The molecule has 2 nitrogen and oxygen atoms in total. The number of benzene rings is 3. The number of nitrogens with zero attached hydrogens (tertiary/aromatic N) is 2. The van der Waals surface area contributed by atoms with Crippen LogP contribution in [0.4, 0.5) is 8.63 Å². The lowest BCUT2D eigenvalue weighted by molar-refractivity contribution is 0.633. The number of hydrogen-bond donors (Lipinski definition) is 0. The molecule has 0 aliphatic carbocycles. The van der Waals surface area contributed by atoms with E-state index in [0.29, 0.717) is 11.2 Å². The zero-order chi connectivity index (χ0) is 23.7. The first-order valence-electron chi connectivity index (χ1n) is 11.0. The van der Waals surface area contributed by atoms with Crippen molar-refractivity contribution >= 4 is 94.7 Å². The highest BCUT2D eigenvalue weighted by Gasteiger charge is 2.29. The van der Waals surface area contributed by atoms with Gasteiger partial charge in [0.1, 0.15) is 0 Å². The van der Waals surface area contributed by atoms with E-state index >= 15 is 0 Å². The average molecular weight is 606 g/mol. The summed E-state index contributed by atoms with van der Waals surface area (Å²) >= 11 is 5.49. The predicted octanol–water partition coefficient (Wildman–Crippen LogP) is 7.32. The van der Waals surface area contributed by atoms with Crippen LogP contribution < -0.4 is 9.89 Å². The van der Waals surface area contributed by atoms with Gasteiger partial charge in [-0.25, -0.2) is 4.99 Å². The number of fused-ring (bicyclic) bond motifs is 6. The van der Waals surface area contributed by atoms with Crippen molar-refractivity contribution in [3.8, 4) is 0 Å². The first-order valence-corrected chi connectivity index (χ1v) is 13.7. The molecule has 35 heavy (non-hydrogen) atoms. The van der Waals surface area contributed by atoms with E-state index in [1.165, 1.54) is 9.18 Å². The van der Waals surface area contributed by atoms with Crippen LogP contribution in [-0.2, 0) is 0 Å². The minimum atomic E-state index is -2.68. The van der Waals surface area contributed by atoms with Crippen molar-refractivity contribution in [1.82, 2.24) is 4.48 Å². The lowest BCUT2D eigenvalue weighted by Gasteiger charge is -2.14. The van der Waals surface area contributed by atoms with Gasteiger partial charge in [0.05, 0.1) is 25.8 Å². The zero-order valence-electron chi connectivity index (χ0n) is 18.0. The largest absolute Gasteiger partial charge is 0.678 e. The Morgan fingerprint density at radius 1 is 0.829 bits per heavy atom. The Morgan fingerprint density at radius 3 is 2.26 bits per heavy atom. The van der Waals surface area contributed by atoms with Gasteiger partial charge in [0.25, 0.3) is 0 Å². The Kier molecular flexibility index (Phi) is 4.98. The first kappa shape index (κ1) is 21.5. The third-order valence-corrected chi connectivity index (χ3v) is 9.23. The fourth-order valence-electron chi connectivity index (χ4n) is 4.82. The van der Waals surface area contributed by atoms with Crippen molar-refractivity contribution in [2.45, 2.75) is 0 Å². The molecule has 8 heteroatoms. The van der Waals surface area contributed by atoms with Gasteiger partial charge >= 0.3 is 7.40 Å². The van der Waals surface area contributed by atoms with Gasteiger partial charge in [-0.05, 0) is 64.6 Å². The van der Waals surface area contributed by atoms with E-state index in [1.54, 1.807) is 22.7 Å². The molecule has 0 bridgehead atoms. The highest BCUT2D eigenvalue weighted by atomic mass is 127. The Balaban J connectivity index is 1.58. The van der Waals surface area contributed by atoms with Gasteiger partial charge in [0.15, 0.2) is 0 Å². The topological polar surface area (TPSA) is 17.3 Å². The molecule has 1 aliphatic rings. The maximum absolute atomic E-state index is 14.7. The predicted molar refractivity (Wildman–Crippen MR) is 153 cm³/mol. The minimum Gasteiger partial charge on any atom is -0.323 e. The van der Waals surface area contributed by atoms with Crippen LogP contribution in [0, 0.1) is 3.57 Å². The van der Waals surface area contributed by atoms with Gasteiger partial charge in [-0.15, -0.1) is 22.7 Å². The Labute approximate surface area is 220 Å². The van der Waals surface area contributed by atoms with Gasteiger partial charge in [-0.1, -0.05) is 48.5 Å². The van der Waals surface area contributed by atoms with Crippen molar-refractivity contribution < 1.29 is 8.63 Å².